The smallest absolute Gasteiger partial charge is 0.354 e. The fraction of sp³-hybridized carbons (Fsp3) is 0.464. The van der Waals surface area contributed by atoms with Gasteiger partial charge >= 0.3 is 6.18 Å². The molecule has 10 heteroatoms. The fourth-order valence-electron chi connectivity index (χ4n) is 6.14. The monoisotopic (exact) mass is 538 g/mol. The molecule has 2 fully saturated rings. The normalized spacial score (nSPS) is 20.4. The second-order valence-electron chi connectivity index (χ2n) is 10.5. The fourth-order valence-corrected chi connectivity index (χ4v) is 7.22. The molecule has 0 aliphatic carbocycles. The van der Waals surface area contributed by atoms with Crippen molar-refractivity contribution < 1.29 is 13.2 Å². The van der Waals surface area contributed by atoms with Crippen LogP contribution in [-0.2, 0) is 19.4 Å². The summed E-state index contributed by atoms with van der Waals surface area (Å²) in [5, 5.41) is 11.1. The summed E-state index contributed by atoms with van der Waals surface area (Å²) in [5.41, 5.74) is 3.99. The Labute approximate surface area is 223 Å². The van der Waals surface area contributed by atoms with Crippen LogP contribution in [0.4, 0.5) is 19.0 Å². The number of halogens is 3. The molecule has 0 radical (unpaired) electrons. The SMILES string of the molecule is CCc1nc(N2CCC3CCN(Cc4ccc5[nH]c(C#N)cc5c4C)C3C2)c2cc(CC(F)(F)F)sc2n1. The van der Waals surface area contributed by atoms with Crippen molar-refractivity contribution in [3.63, 3.8) is 0 Å². The van der Waals surface area contributed by atoms with Crippen molar-refractivity contribution in [1.29, 1.82) is 5.26 Å². The van der Waals surface area contributed by atoms with E-state index in [0.717, 1.165) is 72.5 Å². The third kappa shape index (κ3) is 4.63. The first kappa shape index (κ1) is 25.1. The van der Waals surface area contributed by atoms with Gasteiger partial charge in [0, 0.05) is 47.9 Å². The highest BCUT2D eigenvalue weighted by molar-refractivity contribution is 7.18. The van der Waals surface area contributed by atoms with Gasteiger partial charge in [-0.3, -0.25) is 4.90 Å². The van der Waals surface area contributed by atoms with Gasteiger partial charge in [0.15, 0.2) is 0 Å². The molecule has 2 aliphatic rings. The van der Waals surface area contributed by atoms with E-state index in [1.807, 2.05) is 13.0 Å². The number of alkyl halides is 3. The van der Waals surface area contributed by atoms with Crippen molar-refractivity contribution in [2.45, 2.75) is 58.3 Å². The van der Waals surface area contributed by atoms with Crippen LogP contribution >= 0.6 is 11.3 Å². The number of benzene rings is 1. The molecule has 0 amide bonds. The van der Waals surface area contributed by atoms with Crippen LogP contribution in [0.2, 0.25) is 0 Å². The third-order valence-electron chi connectivity index (χ3n) is 8.12. The van der Waals surface area contributed by atoms with E-state index < -0.39 is 12.6 Å². The minimum absolute atomic E-state index is 0.281. The Hall–Kier alpha value is -3.16. The summed E-state index contributed by atoms with van der Waals surface area (Å²) in [6, 6.07) is 10.3. The van der Waals surface area contributed by atoms with Gasteiger partial charge < -0.3 is 9.88 Å². The lowest BCUT2D eigenvalue weighted by molar-refractivity contribution is -0.126. The summed E-state index contributed by atoms with van der Waals surface area (Å²) in [6.45, 7) is 7.59. The number of nitrogens with zero attached hydrogens (tertiary/aromatic N) is 5. The molecular formula is C28H29F3N6S. The van der Waals surface area contributed by atoms with Crippen molar-refractivity contribution in [3.05, 3.63) is 51.8 Å². The number of aromatic amines is 1. The van der Waals surface area contributed by atoms with Gasteiger partial charge in [-0.05, 0) is 61.6 Å². The number of rotatable bonds is 5. The van der Waals surface area contributed by atoms with Gasteiger partial charge in [0.1, 0.15) is 28.2 Å². The summed E-state index contributed by atoms with van der Waals surface area (Å²) in [6.07, 6.45) is -2.36. The summed E-state index contributed by atoms with van der Waals surface area (Å²) < 4.78 is 39.3. The van der Waals surface area contributed by atoms with E-state index in [2.05, 4.69) is 44.9 Å². The zero-order chi connectivity index (χ0) is 26.6. The van der Waals surface area contributed by atoms with Gasteiger partial charge in [-0.25, -0.2) is 9.97 Å². The number of aromatic nitrogens is 3. The minimum atomic E-state index is -4.25. The quantitative estimate of drug-likeness (QED) is 0.331. The number of hydrogen-bond acceptors (Lipinski definition) is 6. The first-order chi connectivity index (χ1) is 18.2. The number of H-pyrrole nitrogens is 1. The van der Waals surface area contributed by atoms with Crippen LogP contribution < -0.4 is 4.90 Å². The van der Waals surface area contributed by atoms with E-state index in [1.165, 1.54) is 11.1 Å². The summed E-state index contributed by atoms with van der Waals surface area (Å²) in [7, 11) is 0. The maximum atomic E-state index is 13.1. The molecule has 198 valence electrons. The summed E-state index contributed by atoms with van der Waals surface area (Å²) >= 11 is 1.13. The van der Waals surface area contributed by atoms with E-state index in [0.29, 0.717) is 34.7 Å². The number of nitrogens with one attached hydrogen (secondary N) is 1. The molecule has 3 aromatic heterocycles. The average molecular weight is 539 g/mol. The van der Waals surface area contributed by atoms with E-state index in [-0.39, 0.29) is 4.88 Å². The first-order valence-electron chi connectivity index (χ1n) is 13.1. The van der Waals surface area contributed by atoms with Gasteiger partial charge in [0.2, 0.25) is 0 Å². The number of nitriles is 1. The second-order valence-corrected chi connectivity index (χ2v) is 11.6. The number of aryl methyl sites for hydroxylation is 2. The van der Waals surface area contributed by atoms with Gasteiger partial charge in [0.25, 0.3) is 0 Å². The zero-order valence-electron chi connectivity index (χ0n) is 21.4. The second kappa shape index (κ2) is 9.54. The average Bonchev–Trinajstić information content (AvgIpc) is 3.60. The van der Waals surface area contributed by atoms with Crippen LogP contribution in [0.15, 0.2) is 24.3 Å². The van der Waals surface area contributed by atoms with Gasteiger partial charge in [-0.1, -0.05) is 13.0 Å². The molecule has 6 rings (SSSR count). The molecule has 38 heavy (non-hydrogen) atoms. The largest absolute Gasteiger partial charge is 0.393 e. The summed E-state index contributed by atoms with van der Waals surface area (Å²) in [4.78, 5) is 18.3. The van der Waals surface area contributed by atoms with Gasteiger partial charge in [0.05, 0.1) is 11.8 Å². The van der Waals surface area contributed by atoms with Crippen LogP contribution in [-0.4, -0.2) is 51.7 Å². The topological polar surface area (TPSA) is 71.8 Å². The number of hydrogen-bond donors (Lipinski definition) is 1. The molecule has 1 N–H and O–H groups in total. The lowest BCUT2D eigenvalue weighted by Gasteiger charge is -2.39. The van der Waals surface area contributed by atoms with Crippen LogP contribution in [0.5, 0.6) is 0 Å². The number of anilines is 1. The summed E-state index contributed by atoms with van der Waals surface area (Å²) in [5.74, 6) is 2.04. The molecule has 5 heterocycles. The van der Waals surface area contributed by atoms with Gasteiger partial charge in [-0.15, -0.1) is 11.3 Å². The maximum absolute atomic E-state index is 13.1. The van der Waals surface area contributed by atoms with Crippen LogP contribution in [0, 0.1) is 24.2 Å². The van der Waals surface area contributed by atoms with Crippen LogP contribution in [0.1, 0.15) is 47.3 Å². The standard InChI is InChI=1S/C28H29F3N6S/c1-3-25-34-26(22-11-20(12-28(29,30)31)38-27(22)35-25)37-9-7-17-6-8-36(24(17)15-37)14-18-4-5-23-21(16(18)2)10-19(13-32)33-23/h4-5,10-11,17,24,33H,3,6-9,12,14-15H2,1-2H3. The number of thiophene rings is 1. The third-order valence-corrected chi connectivity index (χ3v) is 9.15. The first-order valence-corrected chi connectivity index (χ1v) is 13.9. The zero-order valence-corrected chi connectivity index (χ0v) is 22.2. The van der Waals surface area contributed by atoms with Crippen molar-refractivity contribution in [1.82, 2.24) is 19.9 Å². The molecule has 2 saturated heterocycles. The predicted octanol–water partition coefficient (Wildman–Crippen LogP) is 6.12. The molecule has 4 aromatic rings. The molecule has 0 saturated carbocycles. The van der Waals surface area contributed by atoms with Crippen LogP contribution in [0.3, 0.4) is 0 Å². The van der Waals surface area contributed by atoms with E-state index >= 15 is 0 Å². The molecule has 0 bridgehead atoms. The van der Waals surface area contributed by atoms with E-state index in [4.69, 9.17) is 4.98 Å². The number of fused-ring (bicyclic) bond motifs is 3. The highest BCUT2D eigenvalue weighted by Gasteiger charge is 2.39. The van der Waals surface area contributed by atoms with Crippen molar-refractivity contribution in [3.8, 4) is 6.07 Å². The Kier molecular flexibility index (Phi) is 6.31. The molecular weight excluding hydrogens is 509 g/mol. The number of piperidine rings is 1. The Morgan fingerprint density at radius 1 is 1.16 bits per heavy atom. The molecule has 6 nitrogen and oxygen atoms in total. The molecule has 2 aliphatic heterocycles. The van der Waals surface area contributed by atoms with Crippen molar-refractivity contribution in [2.75, 3.05) is 24.5 Å². The molecule has 2 atom stereocenters. The lowest BCUT2D eigenvalue weighted by atomic mass is 9.92. The Bertz CT molecular complexity index is 1550. The molecule has 1 aromatic carbocycles. The van der Waals surface area contributed by atoms with Crippen molar-refractivity contribution in [2.24, 2.45) is 5.92 Å². The van der Waals surface area contributed by atoms with E-state index in [1.54, 1.807) is 6.07 Å². The lowest BCUT2D eigenvalue weighted by Crippen LogP contribution is -2.48. The highest BCUT2D eigenvalue weighted by Crippen LogP contribution is 2.39. The van der Waals surface area contributed by atoms with E-state index in [9.17, 15) is 18.4 Å². The van der Waals surface area contributed by atoms with Gasteiger partial charge in [-0.2, -0.15) is 18.4 Å². The maximum Gasteiger partial charge on any atom is 0.393 e. The van der Waals surface area contributed by atoms with Crippen LogP contribution in [0.25, 0.3) is 21.1 Å². The molecule has 2 unspecified atom stereocenters. The Morgan fingerprint density at radius 3 is 2.74 bits per heavy atom. The number of likely N-dealkylation sites (tertiary alicyclic amines) is 1. The minimum Gasteiger partial charge on any atom is -0.354 e. The Morgan fingerprint density at radius 2 is 1.97 bits per heavy atom. The predicted molar refractivity (Wildman–Crippen MR) is 143 cm³/mol. The Balaban J connectivity index is 1.28. The van der Waals surface area contributed by atoms with Crippen molar-refractivity contribution >= 4 is 38.3 Å². The molecule has 0 spiro atoms. The highest BCUT2D eigenvalue weighted by atomic mass is 32.1.